The van der Waals surface area contributed by atoms with Crippen molar-refractivity contribution in [1.82, 2.24) is 0 Å². The smallest absolute Gasteiger partial charge is 0.206 e. The molecule has 0 spiro atoms. The van der Waals surface area contributed by atoms with E-state index in [2.05, 4.69) is 0 Å². The minimum atomic E-state index is -1.34. The molecule has 2 nitrogen and oxygen atoms in total. The molecule has 2 rings (SSSR count). The van der Waals surface area contributed by atoms with Crippen molar-refractivity contribution in [2.45, 2.75) is 25.6 Å². The third kappa shape index (κ3) is 2.19. The quantitative estimate of drug-likeness (QED) is 0.730. The summed E-state index contributed by atoms with van der Waals surface area (Å²) in [6.07, 6.45) is 1.34. The highest BCUT2D eigenvalue weighted by molar-refractivity contribution is 5.48. The topological polar surface area (TPSA) is 12.5 Å². The summed E-state index contributed by atoms with van der Waals surface area (Å²) in [6, 6.07) is 9.74. The Bertz CT molecular complexity index is 326. The largest absolute Gasteiger partial charge is 0.374 e. The molecular weight excluding hydrogens is 205 g/mol. The van der Waals surface area contributed by atoms with Gasteiger partial charge in [-0.15, -0.1) is 0 Å². The molecule has 0 bridgehead atoms. The maximum Gasteiger partial charge on any atom is 0.206 e. The van der Waals surface area contributed by atoms with Gasteiger partial charge in [0, 0.05) is 18.7 Å². The minimum absolute atomic E-state index is 0.176. The van der Waals surface area contributed by atoms with Crippen LogP contribution < -0.4 is 4.90 Å². The van der Waals surface area contributed by atoms with E-state index in [0.29, 0.717) is 19.6 Å². The predicted octanol–water partition coefficient (Wildman–Crippen LogP) is 2.99. The minimum Gasteiger partial charge on any atom is -0.374 e. The maximum atomic E-state index is 14.7. The van der Waals surface area contributed by atoms with Crippen LogP contribution in [0.15, 0.2) is 30.3 Å². The van der Waals surface area contributed by atoms with Crippen LogP contribution in [-0.4, -0.2) is 25.6 Å². The molecule has 0 N–H and O–H groups in total. The molecule has 0 radical (unpaired) electrons. The average molecular weight is 223 g/mol. The van der Waals surface area contributed by atoms with Crippen molar-refractivity contribution in [3.63, 3.8) is 0 Å². The molecule has 1 fully saturated rings. The van der Waals surface area contributed by atoms with Crippen molar-refractivity contribution in [1.29, 1.82) is 0 Å². The monoisotopic (exact) mass is 223 g/mol. The summed E-state index contributed by atoms with van der Waals surface area (Å²) in [4.78, 5) is 1.83. The van der Waals surface area contributed by atoms with Gasteiger partial charge in [0.1, 0.15) is 0 Å². The van der Waals surface area contributed by atoms with Gasteiger partial charge < -0.3 is 9.64 Å². The van der Waals surface area contributed by atoms with E-state index in [0.717, 1.165) is 12.1 Å². The summed E-state index contributed by atoms with van der Waals surface area (Å²) in [5.74, 6) is -1.34. The highest BCUT2D eigenvalue weighted by Crippen LogP contribution is 2.31. The van der Waals surface area contributed by atoms with Crippen LogP contribution in [0.25, 0.3) is 0 Å². The number of halogens is 1. The van der Waals surface area contributed by atoms with E-state index in [9.17, 15) is 4.39 Å². The van der Waals surface area contributed by atoms with Crippen molar-refractivity contribution in [2.24, 2.45) is 0 Å². The van der Waals surface area contributed by atoms with Crippen LogP contribution in [0.2, 0.25) is 0 Å². The average Bonchev–Trinajstić information content (AvgIpc) is 2.31. The Morgan fingerprint density at radius 2 is 2.12 bits per heavy atom. The Balaban J connectivity index is 2.23. The fourth-order valence-electron chi connectivity index (χ4n) is 2.22. The molecule has 1 atom stereocenters. The van der Waals surface area contributed by atoms with Gasteiger partial charge in [0.25, 0.3) is 0 Å². The molecule has 0 amide bonds. The molecule has 0 aliphatic carbocycles. The number of ether oxygens (including phenoxy) is 1. The molecular formula is C13H18FNO. The molecule has 3 heteroatoms. The molecule has 0 aromatic heterocycles. The third-order valence-corrected chi connectivity index (χ3v) is 2.97. The SMILES string of the molecule is CCCC1(F)COCCN1c1ccccc1. The zero-order valence-electron chi connectivity index (χ0n) is 9.66. The van der Waals surface area contributed by atoms with Gasteiger partial charge in [-0.1, -0.05) is 31.5 Å². The lowest BCUT2D eigenvalue weighted by molar-refractivity contribution is -0.0239. The van der Waals surface area contributed by atoms with Crippen LogP contribution in [0.1, 0.15) is 19.8 Å². The molecule has 1 heterocycles. The number of hydrogen-bond acceptors (Lipinski definition) is 2. The number of hydrogen-bond donors (Lipinski definition) is 0. The molecule has 1 unspecified atom stereocenters. The molecule has 0 saturated carbocycles. The fraction of sp³-hybridized carbons (Fsp3) is 0.538. The summed E-state index contributed by atoms with van der Waals surface area (Å²) in [5.41, 5.74) is 0.946. The molecule has 1 aromatic carbocycles. The van der Waals surface area contributed by atoms with Gasteiger partial charge in [-0.05, 0) is 12.1 Å². The number of alkyl halides is 1. The highest BCUT2D eigenvalue weighted by atomic mass is 19.1. The van der Waals surface area contributed by atoms with Crippen molar-refractivity contribution < 1.29 is 9.13 Å². The van der Waals surface area contributed by atoms with E-state index in [-0.39, 0.29) is 6.61 Å². The number of rotatable bonds is 3. The second kappa shape index (κ2) is 4.83. The standard InChI is InChI=1S/C13H18FNO/c1-2-8-13(14)11-16-10-9-15(13)12-6-4-3-5-7-12/h3-7H,2,8-11H2,1H3. The number of para-hydroxylation sites is 1. The first-order chi connectivity index (χ1) is 7.76. The van der Waals surface area contributed by atoms with Gasteiger partial charge in [-0.25, -0.2) is 4.39 Å². The van der Waals surface area contributed by atoms with Gasteiger partial charge >= 0.3 is 0 Å². The number of anilines is 1. The highest BCUT2D eigenvalue weighted by Gasteiger charge is 2.39. The lowest BCUT2D eigenvalue weighted by Gasteiger charge is -2.42. The van der Waals surface area contributed by atoms with E-state index < -0.39 is 5.79 Å². The van der Waals surface area contributed by atoms with E-state index in [1.165, 1.54) is 0 Å². The normalized spacial score (nSPS) is 25.8. The first kappa shape index (κ1) is 11.4. The van der Waals surface area contributed by atoms with Gasteiger partial charge in [0.2, 0.25) is 5.79 Å². The lowest BCUT2D eigenvalue weighted by atomic mass is 10.1. The van der Waals surface area contributed by atoms with Gasteiger partial charge in [-0.2, -0.15) is 0 Å². The molecule has 88 valence electrons. The summed E-state index contributed by atoms with van der Waals surface area (Å²) in [5, 5.41) is 0. The van der Waals surface area contributed by atoms with Crippen molar-refractivity contribution in [3.05, 3.63) is 30.3 Å². The molecule has 1 aliphatic heterocycles. The predicted molar refractivity (Wildman–Crippen MR) is 63.4 cm³/mol. The van der Waals surface area contributed by atoms with Crippen LogP contribution in [0.3, 0.4) is 0 Å². The van der Waals surface area contributed by atoms with Gasteiger partial charge in [0.15, 0.2) is 0 Å². The first-order valence-electron chi connectivity index (χ1n) is 5.85. The van der Waals surface area contributed by atoms with Crippen LogP contribution in [-0.2, 0) is 4.74 Å². The summed E-state index contributed by atoms with van der Waals surface area (Å²) in [7, 11) is 0. The van der Waals surface area contributed by atoms with Crippen LogP contribution in [0.5, 0.6) is 0 Å². The molecule has 1 aliphatic rings. The lowest BCUT2D eigenvalue weighted by Crippen LogP contribution is -2.54. The zero-order chi connectivity index (χ0) is 11.4. The van der Waals surface area contributed by atoms with Crippen LogP contribution in [0, 0.1) is 0 Å². The number of benzene rings is 1. The number of nitrogens with zero attached hydrogens (tertiary/aromatic N) is 1. The Hall–Kier alpha value is -1.09. The van der Waals surface area contributed by atoms with Crippen molar-refractivity contribution in [3.8, 4) is 0 Å². The molecule has 1 aromatic rings. The first-order valence-corrected chi connectivity index (χ1v) is 5.85. The van der Waals surface area contributed by atoms with E-state index in [4.69, 9.17) is 4.74 Å². The Morgan fingerprint density at radius 3 is 2.81 bits per heavy atom. The van der Waals surface area contributed by atoms with E-state index in [1.807, 2.05) is 42.2 Å². The van der Waals surface area contributed by atoms with Gasteiger partial charge in [0.05, 0.1) is 13.2 Å². The fourth-order valence-corrected chi connectivity index (χ4v) is 2.22. The van der Waals surface area contributed by atoms with Gasteiger partial charge in [-0.3, -0.25) is 0 Å². The second-order valence-corrected chi connectivity index (χ2v) is 4.21. The van der Waals surface area contributed by atoms with Crippen LogP contribution in [0.4, 0.5) is 10.1 Å². The van der Waals surface area contributed by atoms with E-state index in [1.54, 1.807) is 0 Å². The molecule has 16 heavy (non-hydrogen) atoms. The Labute approximate surface area is 96.0 Å². The van der Waals surface area contributed by atoms with Crippen molar-refractivity contribution in [2.75, 3.05) is 24.7 Å². The Kier molecular flexibility index (Phi) is 3.44. The summed E-state index contributed by atoms with van der Waals surface area (Å²) in [6.45, 7) is 3.40. The molecule has 1 saturated heterocycles. The summed E-state index contributed by atoms with van der Waals surface area (Å²) < 4.78 is 20.0. The third-order valence-electron chi connectivity index (χ3n) is 2.97. The zero-order valence-corrected chi connectivity index (χ0v) is 9.66. The summed E-state index contributed by atoms with van der Waals surface area (Å²) >= 11 is 0. The van der Waals surface area contributed by atoms with E-state index >= 15 is 0 Å². The van der Waals surface area contributed by atoms with Crippen molar-refractivity contribution >= 4 is 5.69 Å². The maximum absolute atomic E-state index is 14.7. The second-order valence-electron chi connectivity index (χ2n) is 4.21. The van der Waals surface area contributed by atoms with Crippen LogP contribution >= 0.6 is 0 Å². The Morgan fingerprint density at radius 1 is 1.38 bits per heavy atom. The number of morpholine rings is 1.